The Bertz CT molecular complexity index is 578. The molecule has 0 saturated heterocycles. The fourth-order valence-corrected chi connectivity index (χ4v) is 2.57. The van der Waals surface area contributed by atoms with Crippen LogP contribution in [0.4, 0.5) is 13.2 Å². The minimum absolute atomic E-state index is 0.154. The first-order chi connectivity index (χ1) is 9.38. The van der Waals surface area contributed by atoms with E-state index in [4.69, 9.17) is 0 Å². The minimum Gasteiger partial charge on any atom is -0.305 e. The van der Waals surface area contributed by atoms with Gasteiger partial charge < -0.3 is 5.32 Å². The fraction of sp³-hybridized carbons (Fsp3) is 0.357. The van der Waals surface area contributed by atoms with Crippen molar-refractivity contribution in [2.24, 2.45) is 0 Å². The van der Waals surface area contributed by atoms with Gasteiger partial charge in [-0.05, 0) is 31.5 Å². The van der Waals surface area contributed by atoms with Gasteiger partial charge in [0.05, 0.1) is 16.8 Å². The maximum absolute atomic E-state index is 12.7. The van der Waals surface area contributed by atoms with Crippen LogP contribution in [0.5, 0.6) is 0 Å². The van der Waals surface area contributed by atoms with Gasteiger partial charge in [-0.2, -0.15) is 13.2 Å². The number of hydrogen-bond donors (Lipinski definition) is 1. The first kappa shape index (κ1) is 15.0. The average molecular weight is 300 g/mol. The van der Waals surface area contributed by atoms with Gasteiger partial charge in [0.1, 0.15) is 0 Å². The molecule has 1 unspecified atom stereocenters. The van der Waals surface area contributed by atoms with Crippen LogP contribution in [0.2, 0.25) is 0 Å². The van der Waals surface area contributed by atoms with Crippen molar-refractivity contribution in [3.63, 3.8) is 0 Å². The first-order valence-corrected chi connectivity index (χ1v) is 7.05. The molecule has 0 bridgehead atoms. The number of thiazole rings is 1. The van der Waals surface area contributed by atoms with Gasteiger partial charge in [0.15, 0.2) is 0 Å². The lowest BCUT2D eigenvalue weighted by molar-refractivity contribution is -0.137. The van der Waals surface area contributed by atoms with Crippen molar-refractivity contribution in [1.29, 1.82) is 0 Å². The van der Waals surface area contributed by atoms with E-state index in [0.29, 0.717) is 12.1 Å². The summed E-state index contributed by atoms with van der Waals surface area (Å²) in [4.78, 5) is 5.24. The standard InChI is InChI=1S/C14H15F3N2S/c1-9(18-7-13-10(2)19-8-20-13)11-4-3-5-12(6-11)14(15,16)17/h3-6,8-9,18H,7H2,1-2H3. The Morgan fingerprint density at radius 3 is 2.70 bits per heavy atom. The van der Waals surface area contributed by atoms with Gasteiger partial charge in [-0.3, -0.25) is 0 Å². The molecular weight excluding hydrogens is 285 g/mol. The fourth-order valence-electron chi connectivity index (χ4n) is 1.84. The highest BCUT2D eigenvalue weighted by atomic mass is 32.1. The smallest absolute Gasteiger partial charge is 0.305 e. The van der Waals surface area contributed by atoms with Crippen LogP contribution in [0.25, 0.3) is 0 Å². The van der Waals surface area contributed by atoms with Crippen LogP contribution < -0.4 is 5.32 Å². The molecule has 0 fully saturated rings. The largest absolute Gasteiger partial charge is 0.416 e. The summed E-state index contributed by atoms with van der Waals surface area (Å²) in [7, 11) is 0. The highest BCUT2D eigenvalue weighted by Crippen LogP contribution is 2.30. The predicted octanol–water partition coefficient (Wildman–Crippen LogP) is 4.32. The van der Waals surface area contributed by atoms with Crippen LogP contribution in [-0.2, 0) is 12.7 Å². The maximum atomic E-state index is 12.7. The molecule has 0 aliphatic carbocycles. The lowest BCUT2D eigenvalue weighted by Crippen LogP contribution is -2.18. The van der Waals surface area contributed by atoms with Crippen molar-refractivity contribution in [2.75, 3.05) is 0 Å². The number of nitrogens with one attached hydrogen (secondary N) is 1. The number of nitrogens with zero attached hydrogens (tertiary/aromatic N) is 1. The van der Waals surface area contributed by atoms with E-state index in [9.17, 15) is 13.2 Å². The molecule has 1 aromatic carbocycles. The summed E-state index contributed by atoms with van der Waals surface area (Å²) in [5.41, 5.74) is 2.74. The summed E-state index contributed by atoms with van der Waals surface area (Å²) in [6.07, 6.45) is -4.30. The van der Waals surface area contributed by atoms with Crippen LogP contribution >= 0.6 is 11.3 Å². The molecule has 1 aromatic heterocycles. The van der Waals surface area contributed by atoms with Crippen LogP contribution in [-0.4, -0.2) is 4.98 Å². The molecule has 1 atom stereocenters. The monoisotopic (exact) mass is 300 g/mol. The van der Waals surface area contributed by atoms with Gasteiger partial charge in [0, 0.05) is 17.5 Å². The van der Waals surface area contributed by atoms with Crippen molar-refractivity contribution in [1.82, 2.24) is 10.3 Å². The minimum atomic E-state index is -4.30. The van der Waals surface area contributed by atoms with Crippen molar-refractivity contribution < 1.29 is 13.2 Å². The molecule has 0 spiro atoms. The van der Waals surface area contributed by atoms with E-state index in [2.05, 4.69) is 10.3 Å². The number of halogens is 3. The third-order valence-electron chi connectivity index (χ3n) is 3.13. The summed E-state index contributed by atoms with van der Waals surface area (Å²) in [5, 5.41) is 3.22. The van der Waals surface area contributed by atoms with Crippen molar-refractivity contribution in [3.8, 4) is 0 Å². The Balaban J connectivity index is 2.06. The zero-order valence-electron chi connectivity index (χ0n) is 11.2. The number of alkyl halides is 3. The summed E-state index contributed by atoms with van der Waals surface area (Å²) in [6, 6.07) is 5.26. The van der Waals surface area contributed by atoms with Gasteiger partial charge in [-0.1, -0.05) is 12.1 Å². The third-order valence-corrected chi connectivity index (χ3v) is 4.06. The molecule has 0 aliphatic heterocycles. The van der Waals surface area contributed by atoms with E-state index in [1.165, 1.54) is 12.1 Å². The topological polar surface area (TPSA) is 24.9 Å². The SMILES string of the molecule is Cc1ncsc1CNC(C)c1cccc(C(F)(F)F)c1. The van der Waals surface area contributed by atoms with E-state index in [0.717, 1.165) is 16.6 Å². The summed E-state index contributed by atoms with van der Waals surface area (Å²) >= 11 is 1.54. The van der Waals surface area contributed by atoms with Gasteiger partial charge in [0.25, 0.3) is 0 Å². The molecule has 2 aromatic rings. The lowest BCUT2D eigenvalue weighted by Gasteiger charge is -2.16. The van der Waals surface area contributed by atoms with Gasteiger partial charge in [-0.15, -0.1) is 11.3 Å². The van der Waals surface area contributed by atoms with Crippen LogP contribution in [0.15, 0.2) is 29.8 Å². The Hall–Kier alpha value is -1.40. The molecule has 20 heavy (non-hydrogen) atoms. The summed E-state index contributed by atoms with van der Waals surface area (Å²) < 4.78 is 38.0. The Kier molecular flexibility index (Phi) is 4.45. The Morgan fingerprint density at radius 1 is 1.35 bits per heavy atom. The van der Waals surface area contributed by atoms with E-state index >= 15 is 0 Å². The molecule has 108 valence electrons. The van der Waals surface area contributed by atoms with Gasteiger partial charge in [-0.25, -0.2) is 4.98 Å². The van der Waals surface area contributed by atoms with Crippen molar-refractivity contribution >= 4 is 11.3 Å². The van der Waals surface area contributed by atoms with Gasteiger partial charge in [0.2, 0.25) is 0 Å². The van der Waals surface area contributed by atoms with Crippen molar-refractivity contribution in [2.45, 2.75) is 32.6 Å². The molecule has 2 rings (SSSR count). The van der Waals surface area contributed by atoms with Crippen LogP contribution in [0, 0.1) is 6.92 Å². The molecule has 6 heteroatoms. The molecule has 1 heterocycles. The molecule has 0 saturated carbocycles. The number of hydrogen-bond acceptors (Lipinski definition) is 3. The zero-order chi connectivity index (χ0) is 14.8. The van der Waals surface area contributed by atoms with Crippen LogP contribution in [0.3, 0.4) is 0 Å². The van der Waals surface area contributed by atoms with Crippen LogP contribution in [0.1, 0.15) is 34.7 Å². The second-order valence-electron chi connectivity index (χ2n) is 4.59. The quantitative estimate of drug-likeness (QED) is 0.909. The normalized spacial score (nSPS) is 13.4. The highest BCUT2D eigenvalue weighted by Gasteiger charge is 2.30. The van der Waals surface area contributed by atoms with E-state index < -0.39 is 11.7 Å². The Labute approximate surface area is 119 Å². The lowest BCUT2D eigenvalue weighted by atomic mass is 10.0. The Morgan fingerprint density at radius 2 is 2.10 bits per heavy atom. The van der Waals surface area contributed by atoms with E-state index in [-0.39, 0.29) is 6.04 Å². The molecular formula is C14H15F3N2S. The summed E-state index contributed by atoms with van der Waals surface area (Å²) in [5.74, 6) is 0. The van der Waals surface area contributed by atoms with Crippen molar-refractivity contribution in [3.05, 3.63) is 51.5 Å². The number of rotatable bonds is 4. The molecule has 2 nitrogen and oxygen atoms in total. The molecule has 0 aliphatic rings. The zero-order valence-corrected chi connectivity index (χ0v) is 12.0. The molecule has 0 radical (unpaired) electrons. The second-order valence-corrected chi connectivity index (χ2v) is 5.53. The number of aromatic nitrogens is 1. The third kappa shape index (κ3) is 3.58. The van der Waals surface area contributed by atoms with Gasteiger partial charge >= 0.3 is 6.18 Å². The second kappa shape index (κ2) is 5.93. The maximum Gasteiger partial charge on any atom is 0.416 e. The van der Waals surface area contributed by atoms with E-state index in [1.807, 2.05) is 13.8 Å². The first-order valence-electron chi connectivity index (χ1n) is 6.17. The number of aryl methyl sites for hydroxylation is 1. The average Bonchev–Trinajstić information content (AvgIpc) is 2.81. The number of benzene rings is 1. The summed E-state index contributed by atoms with van der Waals surface area (Å²) in [6.45, 7) is 4.38. The highest BCUT2D eigenvalue weighted by molar-refractivity contribution is 7.09. The molecule has 1 N–H and O–H groups in total. The molecule has 0 amide bonds. The van der Waals surface area contributed by atoms with E-state index in [1.54, 1.807) is 22.9 Å². The predicted molar refractivity (Wildman–Crippen MR) is 73.5 cm³/mol.